The van der Waals surface area contributed by atoms with E-state index < -0.39 is 0 Å². The van der Waals surface area contributed by atoms with Crippen LogP contribution in [0.15, 0.2) is 30.6 Å². The quantitative estimate of drug-likeness (QED) is 0.610. The third-order valence-electron chi connectivity index (χ3n) is 3.97. The Balaban J connectivity index is 1.89. The SMILES string of the molecule is CCCNCc1cnccc1OCC1CC=CCC1C. The summed E-state index contributed by atoms with van der Waals surface area (Å²) in [6, 6.07) is 1.98. The van der Waals surface area contributed by atoms with Crippen molar-refractivity contribution >= 4 is 0 Å². The highest BCUT2D eigenvalue weighted by molar-refractivity contribution is 5.30. The van der Waals surface area contributed by atoms with Gasteiger partial charge in [0.2, 0.25) is 0 Å². The van der Waals surface area contributed by atoms with Crippen LogP contribution in [0.1, 0.15) is 38.7 Å². The van der Waals surface area contributed by atoms with Crippen LogP contribution in [0.25, 0.3) is 0 Å². The number of hydrogen-bond donors (Lipinski definition) is 1. The Morgan fingerprint density at radius 3 is 3.00 bits per heavy atom. The molecule has 1 N–H and O–H groups in total. The largest absolute Gasteiger partial charge is 0.493 e. The van der Waals surface area contributed by atoms with Crippen molar-refractivity contribution in [1.82, 2.24) is 10.3 Å². The van der Waals surface area contributed by atoms with Crippen LogP contribution in [0, 0.1) is 11.8 Å². The maximum atomic E-state index is 6.06. The lowest BCUT2D eigenvalue weighted by atomic mass is 9.85. The molecule has 0 radical (unpaired) electrons. The van der Waals surface area contributed by atoms with Crippen LogP contribution in [0.5, 0.6) is 5.75 Å². The molecule has 3 nitrogen and oxygen atoms in total. The van der Waals surface area contributed by atoms with Crippen LogP contribution in [-0.2, 0) is 6.54 Å². The van der Waals surface area contributed by atoms with Gasteiger partial charge >= 0.3 is 0 Å². The monoisotopic (exact) mass is 274 g/mol. The first kappa shape index (κ1) is 15.0. The second-order valence-electron chi connectivity index (χ2n) is 5.65. The minimum absolute atomic E-state index is 0.629. The van der Waals surface area contributed by atoms with E-state index in [9.17, 15) is 0 Å². The normalized spacial score (nSPS) is 21.9. The van der Waals surface area contributed by atoms with Gasteiger partial charge in [0.1, 0.15) is 5.75 Å². The fourth-order valence-electron chi connectivity index (χ4n) is 2.52. The summed E-state index contributed by atoms with van der Waals surface area (Å²) in [5, 5.41) is 3.41. The van der Waals surface area contributed by atoms with Gasteiger partial charge in [-0.25, -0.2) is 0 Å². The zero-order valence-corrected chi connectivity index (χ0v) is 12.6. The first-order chi connectivity index (χ1) is 9.81. The summed E-state index contributed by atoms with van der Waals surface area (Å²) in [4.78, 5) is 4.20. The Bertz CT molecular complexity index is 431. The Morgan fingerprint density at radius 1 is 1.35 bits per heavy atom. The standard InChI is InChI=1S/C17H26N2O/c1-3-9-18-11-16-12-19-10-8-17(16)20-13-15-7-5-4-6-14(15)2/h4-5,8,10,12,14-15,18H,3,6-7,9,11,13H2,1-2H3. The van der Waals surface area contributed by atoms with Gasteiger partial charge in [-0.05, 0) is 43.7 Å². The number of nitrogens with one attached hydrogen (secondary N) is 1. The van der Waals surface area contributed by atoms with Crippen molar-refractivity contribution < 1.29 is 4.74 Å². The minimum Gasteiger partial charge on any atom is -0.493 e. The Hall–Kier alpha value is -1.35. The molecule has 2 unspecified atom stereocenters. The number of nitrogens with zero attached hydrogens (tertiary/aromatic N) is 1. The van der Waals surface area contributed by atoms with Gasteiger partial charge in [-0.1, -0.05) is 26.0 Å². The fraction of sp³-hybridized carbons (Fsp3) is 0.588. The molecule has 2 rings (SSSR count). The molecule has 20 heavy (non-hydrogen) atoms. The van der Waals surface area contributed by atoms with Gasteiger partial charge in [0.05, 0.1) is 6.61 Å². The van der Waals surface area contributed by atoms with Crippen molar-refractivity contribution in [2.75, 3.05) is 13.2 Å². The predicted octanol–water partition coefficient (Wildman–Crippen LogP) is 3.56. The lowest BCUT2D eigenvalue weighted by Gasteiger charge is -2.25. The third kappa shape index (κ3) is 4.34. The summed E-state index contributed by atoms with van der Waals surface area (Å²) in [5.74, 6) is 2.32. The molecule has 0 saturated carbocycles. The highest BCUT2D eigenvalue weighted by Crippen LogP contribution is 2.26. The second-order valence-corrected chi connectivity index (χ2v) is 5.65. The van der Waals surface area contributed by atoms with E-state index >= 15 is 0 Å². The van der Waals surface area contributed by atoms with Crippen molar-refractivity contribution in [2.24, 2.45) is 11.8 Å². The van der Waals surface area contributed by atoms with Crippen LogP contribution in [0.3, 0.4) is 0 Å². The molecule has 1 aliphatic carbocycles. The molecule has 0 aromatic carbocycles. The van der Waals surface area contributed by atoms with E-state index in [-0.39, 0.29) is 0 Å². The van der Waals surface area contributed by atoms with Crippen molar-refractivity contribution in [3.63, 3.8) is 0 Å². The molecule has 0 saturated heterocycles. The van der Waals surface area contributed by atoms with Gasteiger partial charge in [-0.15, -0.1) is 0 Å². The number of pyridine rings is 1. The number of hydrogen-bond acceptors (Lipinski definition) is 3. The molecular weight excluding hydrogens is 248 g/mol. The topological polar surface area (TPSA) is 34.2 Å². The summed E-state index contributed by atoms with van der Waals surface area (Å²) in [6.45, 7) is 7.14. The summed E-state index contributed by atoms with van der Waals surface area (Å²) in [7, 11) is 0. The molecule has 0 amide bonds. The molecule has 2 atom stereocenters. The fourth-order valence-corrected chi connectivity index (χ4v) is 2.52. The van der Waals surface area contributed by atoms with Gasteiger partial charge in [0.25, 0.3) is 0 Å². The van der Waals surface area contributed by atoms with E-state index in [0.717, 1.165) is 43.9 Å². The molecule has 1 aromatic heterocycles. The van der Waals surface area contributed by atoms with Gasteiger partial charge in [0, 0.05) is 24.5 Å². The van der Waals surface area contributed by atoms with Gasteiger partial charge in [0.15, 0.2) is 0 Å². The number of rotatable bonds is 7. The zero-order valence-electron chi connectivity index (χ0n) is 12.6. The Kier molecular flexibility index (Phi) is 6.06. The number of ether oxygens (including phenoxy) is 1. The molecule has 110 valence electrons. The van der Waals surface area contributed by atoms with Crippen LogP contribution < -0.4 is 10.1 Å². The maximum Gasteiger partial charge on any atom is 0.126 e. The Labute approximate surface area is 122 Å². The zero-order chi connectivity index (χ0) is 14.2. The summed E-state index contributed by atoms with van der Waals surface area (Å²) >= 11 is 0. The van der Waals surface area contributed by atoms with E-state index in [1.54, 1.807) is 0 Å². The number of allylic oxidation sites excluding steroid dienone is 2. The highest BCUT2D eigenvalue weighted by atomic mass is 16.5. The molecule has 0 spiro atoms. The summed E-state index contributed by atoms with van der Waals surface area (Å²) in [6.07, 6.45) is 11.7. The maximum absolute atomic E-state index is 6.06. The van der Waals surface area contributed by atoms with Gasteiger partial charge in [-0.3, -0.25) is 4.98 Å². The van der Waals surface area contributed by atoms with Crippen molar-refractivity contribution in [1.29, 1.82) is 0 Å². The van der Waals surface area contributed by atoms with Gasteiger partial charge < -0.3 is 10.1 Å². The van der Waals surface area contributed by atoms with Crippen LogP contribution in [0.4, 0.5) is 0 Å². The lowest BCUT2D eigenvalue weighted by molar-refractivity contribution is 0.196. The molecule has 3 heteroatoms. The molecular formula is C17H26N2O. The summed E-state index contributed by atoms with van der Waals surface area (Å²) < 4.78 is 6.06. The minimum atomic E-state index is 0.629. The van der Waals surface area contributed by atoms with Crippen molar-refractivity contribution in [3.8, 4) is 5.75 Å². The highest BCUT2D eigenvalue weighted by Gasteiger charge is 2.19. The Morgan fingerprint density at radius 2 is 2.20 bits per heavy atom. The van der Waals surface area contributed by atoms with Crippen molar-refractivity contribution in [3.05, 3.63) is 36.2 Å². The average molecular weight is 274 g/mol. The molecule has 1 aromatic rings. The van der Waals surface area contributed by atoms with Crippen LogP contribution >= 0.6 is 0 Å². The van der Waals surface area contributed by atoms with Crippen molar-refractivity contribution in [2.45, 2.75) is 39.7 Å². The van der Waals surface area contributed by atoms with Crippen LogP contribution in [-0.4, -0.2) is 18.1 Å². The van der Waals surface area contributed by atoms with Gasteiger partial charge in [-0.2, -0.15) is 0 Å². The number of aromatic nitrogens is 1. The molecule has 1 heterocycles. The molecule has 1 aliphatic rings. The first-order valence-corrected chi connectivity index (χ1v) is 7.72. The van der Waals surface area contributed by atoms with E-state index in [2.05, 4.69) is 36.3 Å². The van der Waals surface area contributed by atoms with E-state index in [4.69, 9.17) is 4.74 Å². The van der Waals surface area contributed by atoms with E-state index in [1.165, 1.54) is 6.42 Å². The third-order valence-corrected chi connectivity index (χ3v) is 3.97. The molecule has 0 fully saturated rings. The first-order valence-electron chi connectivity index (χ1n) is 7.72. The summed E-state index contributed by atoms with van der Waals surface area (Å²) in [5.41, 5.74) is 1.15. The predicted molar refractivity (Wildman–Crippen MR) is 82.8 cm³/mol. The lowest BCUT2D eigenvalue weighted by Crippen LogP contribution is -2.22. The second kappa shape index (κ2) is 8.05. The van der Waals surface area contributed by atoms with E-state index in [0.29, 0.717) is 11.8 Å². The molecule has 0 bridgehead atoms. The van der Waals surface area contributed by atoms with Crippen LogP contribution in [0.2, 0.25) is 0 Å². The molecule has 0 aliphatic heterocycles. The average Bonchev–Trinajstić information content (AvgIpc) is 2.48. The van der Waals surface area contributed by atoms with E-state index in [1.807, 2.05) is 18.5 Å². The smallest absolute Gasteiger partial charge is 0.126 e.